The summed E-state index contributed by atoms with van der Waals surface area (Å²) in [5, 5.41) is 12.9. The second-order valence-corrected chi connectivity index (χ2v) is 3.67. The Balaban J connectivity index is 3.02. The van der Waals surface area contributed by atoms with Gasteiger partial charge in [-0.1, -0.05) is 0 Å². The van der Waals surface area contributed by atoms with E-state index >= 15 is 0 Å². The van der Waals surface area contributed by atoms with Gasteiger partial charge in [-0.05, 0) is 19.1 Å². The molecule has 0 aliphatic rings. The minimum absolute atomic E-state index is 0.266. The number of nitro benzene ring substituents is 1. The summed E-state index contributed by atoms with van der Waals surface area (Å²) >= 11 is 0. The van der Waals surface area contributed by atoms with E-state index in [4.69, 9.17) is 4.74 Å². The number of hydrogen-bond acceptors (Lipinski definition) is 4. The van der Waals surface area contributed by atoms with Crippen molar-refractivity contribution in [3.8, 4) is 0 Å². The molecule has 20 heavy (non-hydrogen) atoms. The van der Waals surface area contributed by atoms with E-state index in [0.29, 0.717) is 12.1 Å². The molecule has 0 unspecified atom stereocenters. The maximum absolute atomic E-state index is 12.5. The van der Waals surface area contributed by atoms with Crippen molar-refractivity contribution in [2.75, 3.05) is 18.5 Å². The second kappa shape index (κ2) is 6.33. The van der Waals surface area contributed by atoms with Crippen LogP contribution in [0.3, 0.4) is 0 Å². The van der Waals surface area contributed by atoms with E-state index in [-0.39, 0.29) is 18.9 Å². The molecule has 0 aliphatic heterocycles. The Morgan fingerprint density at radius 3 is 2.60 bits per heavy atom. The molecule has 0 aromatic heterocycles. The van der Waals surface area contributed by atoms with Crippen LogP contribution in [0.4, 0.5) is 24.5 Å². The maximum Gasteiger partial charge on any atom is 0.416 e. The van der Waals surface area contributed by atoms with Gasteiger partial charge in [0.15, 0.2) is 0 Å². The zero-order chi connectivity index (χ0) is 15.3. The molecule has 0 saturated heterocycles. The Morgan fingerprint density at radius 1 is 1.45 bits per heavy atom. The number of nitrogens with one attached hydrogen (secondary N) is 1. The first-order chi connectivity index (χ1) is 9.25. The minimum Gasteiger partial charge on any atom is -0.372 e. The average molecular weight is 292 g/mol. The van der Waals surface area contributed by atoms with Crippen LogP contribution >= 0.6 is 0 Å². The van der Waals surface area contributed by atoms with Crippen molar-refractivity contribution >= 4 is 17.3 Å². The van der Waals surface area contributed by atoms with Gasteiger partial charge < -0.3 is 10.1 Å². The van der Waals surface area contributed by atoms with Crippen LogP contribution in [0.1, 0.15) is 12.5 Å². The van der Waals surface area contributed by atoms with E-state index in [1.54, 1.807) is 6.92 Å². The topological polar surface area (TPSA) is 81.5 Å². The van der Waals surface area contributed by atoms with Gasteiger partial charge in [-0.15, -0.1) is 0 Å². The number of alkyl halides is 3. The fourth-order valence-electron chi connectivity index (χ4n) is 1.35. The van der Waals surface area contributed by atoms with Crippen LogP contribution in [0, 0.1) is 10.1 Å². The highest BCUT2D eigenvalue weighted by Gasteiger charge is 2.33. The van der Waals surface area contributed by atoms with E-state index < -0.39 is 28.3 Å². The van der Waals surface area contributed by atoms with Crippen LogP contribution in [0.25, 0.3) is 0 Å². The molecule has 1 aromatic rings. The van der Waals surface area contributed by atoms with Gasteiger partial charge >= 0.3 is 6.18 Å². The predicted octanol–water partition coefficient (Wildman–Crippen LogP) is 2.59. The number of carbonyl (C=O) groups excluding carboxylic acids is 1. The first kappa shape index (κ1) is 15.9. The Labute approximate surface area is 111 Å². The molecule has 0 aliphatic carbocycles. The van der Waals surface area contributed by atoms with Gasteiger partial charge in [0.25, 0.3) is 11.6 Å². The molecule has 0 atom stereocenters. The highest BCUT2D eigenvalue weighted by molar-refractivity contribution is 5.94. The van der Waals surface area contributed by atoms with Crippen molar-refractivity contribution in [1.82, 2.24) is 0 Å². The lowest BCUT2D eigenvalue weighted by molar-refractivity contribution is -0.384. The summed E-state index contributed by atoms with van der Waals surface area (Å²) in [6.07, 6.45) is -4.70. The number of ether oxygens (including phenoxy) is 1. The molecule has 1 rings (SSSR count). The van der Waals surface area contributed by atoms with Crippen LogP contribution in [-0.4, -0.2) is 24.0 Å². The van der Waals surface area contributed by atoms with Crippen molar-refractivity contribution in [2.45, 2.75) is 13.1 Å². The van der Waals surface area contributed by atoms with Gasteiger partial charge in [-0.3, -0.25) is 14.9 Å². The number of hydrogen-bond donors (Lipinski definition) is 1. The number of benzene rings is 1. The molecule has 0 heterocycles. The number of rotatable bonds is 5. The molecule has 9 heteroatoms. The Kier molecular flexibility index (Phi) is 5.03. The Bertz CT molecular complexity index is 517. The number of carbonyl (C=O) groups is 1. The van der Waals surface area contributed by atoms with Gasteiger partial charge in [-0.25, -0.2) is 0 Å². The first-order valence-electron chi connectivity index (χ1n) is 5.49. The third-order valence-electron chi connectivity index (χ3n) is 2.23. The fraction of sp³-hybridized carbons (Fsp3) is 0.364. The van der Waals surface area contributed by atoms with E-state index in [1.807, 2.05) is 0 Å². The monoisotopic (exact) mass is 292 g/mol. The van der Waals surface area contributed by atoms with Crippen LogP contribution in [-0.2, 0) is 15.7 Å². The largest absolute Gasteiger partial charge is 0.416 e. The van der Waals surface area contributed by atoms with Gasteiger partial charge in [0.2, 0.25) is 0 Å². The van der Waals surface area contributed by atoms with E-state index in [0.717, 1.165) is 6.07 Å². The second-order valence-electron chi connectivity index (χ2n) is 3.67. The quantitative estimate of drug-likeness (QED) is 0.668. The van der Waals surface area contributed by atoms with Gasteiger partial charge in [0, 0.05) is 12.7 Å². The molecule has 0 spiro atoms. The molecule has 0 saturated carbocycles. The molecule has 1 aromatic carbocycles. The van der Waals surface area contributed by atoms with Crippen molar-refractivity contribution < 1.29 is 27.6 Å². The zero-order valence-electron chi connectivity index (χ0n) is 10.4. The van der Waals surface area contributed by atoms with E-state index in [1.165, 1.54) is 0 Å². The molecule has 0 fully saturated rings. The van der Waals surface area contributed by atoms with Crippen molar-refractivity contribution in [1.29, 1.82) is 0 Å². The highest BCUT2D eigenvalue weighted by atomic mass is 19.4. The number of anilines is 1. The van der Waals surface area contributed by atoms with Crippen LogP contribution in [0.15, 0.2) is 18.2 Å². The average Bonchev–Trinajstić information content (AvgIpc) is 2.35. The minimum atomic E-state index is -4.70. The number of halogens is 3. The molecule has 1 amide bonds. The third-order valence-corrected chi connectivity index (χ3v) is 2.23. The summed E-state index contributed by atoms with van der Waals surface area (Å²) in [6.45, 7) is 1.57. The summed E-state index contributed by atoms with van der Waals surface area (Å²) in [4.78, 5) is 21.1. The van der Waals surface area contributed by atoms with Gasteiger partial charge in [-0.2, -0.15) is 13.2 Å². The highest BCUT2D eigenvalue weighted by Crippen LogP contribution is 2.34. The van der Waals surface area contributed by atoms with Crippen LogP contribution < -0.4 is 5.32 Å². The molecule has 6 nitrogen and oxygen atoms in total. The summed E-state index contributed by atoms with van der Waals surface area (Å²) < 4.78 is 42.2. The van der Waals surface area contributed by atoms with Crippen molar-refractivity contribution in [3.63, 3.8) is 0 Å². The van der Waals surface area contributed by atoms with Crippen LogP contribution in [0.2, 0.25) is 0 Å². The third kappa shape index (κ3) is 4.19. The van der Waals surface area contributed by atoms with Gasteiger partial charge in [0.05, 0.1) is 10.5 Å². The Hall–Kier alpha value is -2.16. The predicted molar refractivity (Wildman–Crippen MR) is 63.2 cm³/mol. The summed E-state index contributed by atoms with van der Waals surface area (Å²) in [5.74, 6) is -0.685. The van der Waals surface area contributed by atoms with Gasteiger partial charge in [0.1, 0.15) is 12.3 Å². The zero-order valence-corrected chi connectivity index (χ0v) is 10.4. The lowest BCUT2D eigenvalue weighted by Gasteiger charge is -2.09. The molecular weight excluding hydrogens is 281 g/mol. The SMILES string of the molecule is CCOCC(=O)Nc1ccc(C(F)(F)F)cc1[N+](=O)[O-]. The Morgan fingerprint density at radius 2 is 2.10 bits per heavy atom. The number of amides is 1. The normalized spacial score (nSPS) is 11.2. The summed E-state index contributed by atoms with van der Waals surface area (Å²) in [7, 11) is 0. The molecule has 0 bridgehead atoms. The molecule has 1 N–H and O–H groups in total. The maximum atomic E-state index is 12.5. The fourth-order valence-corrected chi connectivity index (χ4v) is 1.35. The first-order valence-corrected chi connectivity index (χ1v) is 5.49. The molecule has 110 valence electrons. The van der Waals surface area contributed by atoms with E-state index in [9.17, 15) is 28.1 Å². The summed E-state index contributed by atoms with van der Waals surface area (Å²) in [6, 6.07) is 1.87. The standard InChI is InChI=1S/C11H11F3N2O4/c1-2-20-6-10(17)15-8-4-3-7(11(12,13)14)5-9(8)16(18)19/h3-5H,2,6H2,1H3,(H,15,17). The smallest absolute Gasteiger partial charge is 0.372 e. The lowest BCUT2D eigenvalue weighted by Crippen LogP contribution is -2.19. The number of nitrogens with zero attached hydrogens (tertiary/aromatic N) is 1. The summed E-state index contributed by atoms with van der Waals surface area (Å²) in [5.41, 5.74) is -2.30. The molecule has 0 radical (unpaired) electrons. The molecular formula is C11H11F3N2O4. The number of nitro groups is 1. The van der Waals surface area contributed by atoms with Crippen LogP contribution in [0.5, 0.6) is 0 Å². The van der Waals surface area contributed by atoms with E-state index in [2.05, 4.69) is 5.32 Å². The van der Waals surface area contributed by atoms with Crippen molar-refractivity contribution in [2.24, 2.45) is 0 Å². The lowest BCUT2D eigenvalue weighted by atomic mass is 10.1. The van der Waals surface area contributed by atoms with Crippen molar-refractivity contribution in [3.05, 3.63) is 33.9 Å².